The van der Waals surface area contributed by atoms with Gasteiger partial charge in [-0.2, -0.15) is 0 Å². The number of rotatable bonds is 7. The summed E-state index contributed by atoms with van der Waals surface area (Å²) in [6, 6.07) is 20.3. The van der Waals surface area contributed by atoms with Gasteiger partial charge in [-0.25, -0.2) is 4.99 Å². The van der Waals surface area contributed by atoms with Gasteiger partial charge in [0.25, 0.3) is 18.0 Å². The number of amides is 1. The average Bonchev–Trinajstić information content (AvgIpc) is 3.47. The Kier molecular flexibility index (Phi) is 8.51. The third kappa shape index (κ3) is 5.37. The van der Waals surface area contributed by atoms with Gasteiger partial charge in [-0.15, -0.1) is 0 Å². The summed E-state index contributed by atoms with van der Waals surface area (Å²) in [5.74, 6) is 0.246. The van der Waals surface area contributed by atoms with Crippen molar-refractivity contribution in [1.82, 2.24) is 20.9 Å². The number of benzene rings is 2. The SMILES string of the molecule is C=C1N[C@H]2[C@H](CO[Si](c3ccccc3)(c3ccccc3)C(C)(C)C)N=C(NC(=O)C(Cl)(Cl)Cl)N3[C@@H](CCC)C=C[C@]23N1. The van der Waals surface area contributed by atoms with Crippen LogP contribution in [0.2, 0.25) is 5.04 Å². The number of aliphatic imine (C=N–C) groups is 1. The number of hydrogen-bond donors (Lipinski definition) is 3. The fraction of sp³-hybridized carbons (Fsp3) is 0.419. The maximum Gasteiger partial charge on any atom is 0.278 e. The largest absolute Gasteiger partial charge is 0.405 e. The van der Waals surface area contributed by atoms with E-state index < -0.39 is 29.7 Å². The molecule has 1 saturated heterocycles. The first-order valence-corrected chi connectivity index (χ1v) is 17.3. The van der Waals surface area contributed by atoms with Crippen molar-refractivity contribution in [3.05, 3.63) is 85.2 Å². The highest BCUT2D eigenvalue weighted by Gasteiger charge is 2.60. The molecule has 3 heterocycles. The Bertz CT molecular complexity index is 1340. The predicted molar refractivity (Wildman–Crippen MR) is 175 cm³/mol. The van der Waals surface area contributed by atoms with Crippen LogP contribution in [0.4, 0.5) is 0 Å². The molecule has 0 aromatic heterocycles. The number of halogens is 3. The quantitative estimate of drug-likeness (QED) is 0.234. The fourth-order valence-electron chi connectivity index (χ4n) is 6.61. The molecule has 2 aromatic rings. The molecule has 3 aliphatic rings. The molecule has 2 aromatic carbocycles. The van der Waals surface area contributed by atoms with Crippen molar-refractivity contribution in [1.29, 1.82) is 0 Å². The van der Waals surface area contributed by atoms with E-state index in [2.05, 4.69) is 116 Å². The van der Waals surface area contributed by atoms with E-state index in [1.165, 1.54) is 10.4 Å². The zero-order valence-corrected chi connectivity index (χ0v) is 27.6. The van der Waals surface area contributed by atoms with E-state index in [0.717, 1.165) is 12.8 Å². The molecule has 5 rings (SSSR count). The van der Waals surface area contributed by atoms with Gasteiger partial charge < -0.3 is 20.0 Å². The van der Waals surface area contributed by atoms with E-state index in [1.807, 2.05) is 12.1 Å². The molecule has 0 unspecified atom stereocenters. The first kappa shape index (κ1) is 30.9. The lowest BCUT2D eigenvalue weighted by Gasteiger charge is -2.49. The molecule has 1 spiro atoms. The zero-order valence-electron chi connectivity index (χ0n) is 24.3. The zero-order chi connectivity index (χ0) is 30.3. The molecule has 11 heteroatoms. The first-order valence-electron chi connectivity index (χ1n) is 14.3. The van der Waals surface area contributed by atoms with Gasteiger partial charge in [-0.1, -0.05) is 142 Å². The van der Waals surface area contributed by atoms with Crippen molar-refractivity contribution >= 4 is 65.4 Å². The summed E-state index contributed by atoms with van der Waals surface area (Å²) in [5.41, 5.74) is -0.728. The minimum atomic E-state index is -2.86. The number of nitrogens with one attached hydrogen (secondary N) is 3. The van der Waals surface area contributed by atoms with Gasteiger partial charge in [0.1, 0.15) is 6.04 Å². The molecule has 3 aliphatic heterocycles. The Morgan fingerprint density at radius 1 is 1.10 bits per heavy atom. The molecule has 42 heavy (non-hydrogen) atoms. The van der Waals surface area contributed by atoms with Crippen molar-refractivity contribution in [2.24, 2.45) is 4.99 Å². The third-order valence-electron chi connectivity index (χ3n) is 8.31. The molecule has 1 fully saturated rings. The number of carbonyl (C=O) groups excluding carboxylic acids is 1. The van der Waals surface area contributed by atoms with E-state index in [9.17, 15) is 4.79 Å². The van der Waals surface area contributed by atoms with E-state index in [1.54, 1.807) is 0 Å². The number of nitrogens with zero attached hydrogens (tertiary/aromatic N) is 2. The summed E-state index contributed by atoms with van der Waals surface area (Å²) < 4.78 is 5.14. The van der Waals surface area contributed by atoms with Crippen molar-refractivity contribution < 1.29 is 9.22 Å². The lowest BCUT2D eigenvalue weighted by Crippen LogP contribution is -2.72. The van der Waals surface area contributed by atoms with Gasteiger partial charge in [0.05, 0.1) is 24.5 Å². The van der Waals surface area contributed by atoms with Crippen LogP contribution in [-0.2, 0) is 9.22 Å². The minimum absolute atomic E-state index is 0.0225. The maximum absolute atomic E-state index is 13.0. The molecule has 7 nitrogen and oxygen atoms in total. The van der Waals surface area contributed by atoms with Crippen LogP contribution < -0.4 is 26.3 Å². The molecule has 0 radical (unpaired) electrons. The summed E-state index contributed by atoms with van der Waals surface area (Å²) in [6.07, 6.45) is 6.07. The van der Waals surface area contributed by atoms with Crippen LogP contribution in [0.25, 0.3) is 0 Å². The highest BCUT2D eigenvalue weighted by atomic mass is 35.6. The summed E-state index contributed by atoms with van der Waals surface area (Å²) in [4.78, 5) is 20.1. The van der Waals surface area contributed by atoms with Gasteiger partial charge in [-0.3, -0.25) is 10.1 Å². The van der Waals surface area contributed by atoms with Crippen LogP contribution in [0.5, 0.6) is 0 Å². The summed E-state index contributed by atoms with van der Waals surface area (Å²) in [5, 5.41) is 12.0. The van der Waals surface area contributed by atoms with Crippen LogP contribution in [0.1, 0.15) is 40.5 Å². The Morgan fingerprint density at radius 2 is 1.69 bits per heavy atom. The van der Waals surface area contributed by atoms with Crippen LogP contribution >= 0.6 is 34.8 Å². The highest BCUT2D eigenvalue weighted by molar-refractivity contribution is 6.99. The highest BCUT2D eigenvalue weighted by Crippen LogP contribution is 2.41. The van der Waals surface area contributed by atoms with Crippen LogP contribution in [0.15, 0.2) is 90.2 Å². The van der Waals surface area contributed by atoms with E-state index >= 15 is 0 Å². The average molecular weight is 647 g/mol. The molecule has 4 atom stereocenters. The first-order chi connectivity index (χ1) is 19.8. The monoisotopic (exact) mass is 645 g/mol. The van der Waals surface area contributed by atoms with E-state index in [4.69, 9.17) is 44.2 Å². The van der Waals surface area contributed by atoms with Gasteiger partial charge >= 0.3 is 0 Å². The van der Waals surface area contributed by atoms with Gasteiger partial charge in [0.2, 0.25) is 5.96 Å². The second kappa shape index (κ2) is 11.5. The summed E-state index contributed by atoms with van der Waals surface area (Å²) in [7, 11) is -2.86. The van der Waals surface area contributed by atoms with Crippen molar-refractivity contribution in [3.63, 3.8) is 0 Å². The normalized spacial score (nSPS) is 25.3. The topological polar surface area (TPSA) is 78.0 Å². The summed E-state index contributed by atoms with van der Waals surface area (Å²) >= 11 is 18.0. The molecule has 224 valence electrons. The van der Waals surface area contributed by atoms with Crippen molar-refractivity contribution in [3.8, 4) is 0 Å². The van der Waals surface area contributed by atoms with Crippen molar-refractivity contribution in [2.75, 3.05) is 6.61 Å². The Morgan fingerprint density at radius 3 is 2.21 bits per heavy atom. The van der Waals surface area contributed by atoms with E-state index in [0.29, 0.717) is 11.8 Å². The standard InChI is InChI=1S/C31H38Cl3N5O2Si/c1-6-13-22-18-19-30-26(35-21(2)38-30)25(36-28(39(22)30)37-27(40)31(32,33)34)20-41-42(29(3,4)5,23-14-9-7-10-15-23)24-16-11-8-12-17-24/h7-12,14-19,22,25-26,35,38H,2,6,13,20H2,1,3-5H3,(H,36,37,40)/t22-,25-,26-,30+/m0/s1. The molecule has 1 amide bonds. The second-order valence-electron chi connectivity index (χ2n) is 12.1. The Labute approximate surface area is 264 Å². The van der Waals surface area contributed by atoms with Gasteiger partial charge in [0, 0.05) is 0 Å². The van der Waals surface area contributed by atoms with Crippen LogP contribution in [0.3, 0.4) is 0 Å². The number of alkyl halides is 3. The predicted octanol–water partition coefficient (Wildman–Crippen LogP) is 4.56. The lowest BCUT2D eigenvalue weighted by atomic mass is 9.93. The molecular formula is C31H38Cl3N5O2Si. The number of guanidine groups is 1. The minimum Gasteiger partial charge on any atom is -0.405 e. The third-order valence-corrected chi connectivity index (χ3v) is 13.8. The van der Waals surface area contributed by atoms with Crippen LogP contribution in [-0.4, -0.2) is 59.3 Å². The Hall–Kier alpha value is -2.49. The number of hydrogen-bond acceptors (Lipinski definition) is 6. The molecule has 0 aliphatic carbocycles. The number of carbonyl (C=O) groups is 1. The smallest absolute Gasteiger partial charge is 0.278 e. The van der Waals surface area contributed by atoms with Gasteiger partial charge in [0.15, 0.2) is 5.66 Å². The van der Waals surface area contributed by atoms with E-state index in [-0.39, 0.29) is 23.7 Å². The maximum atomic E-state index is 13.0. The lowest BCUT2D eigenvalue weighted by molar-refractivity contribution is -0.119. The summed E-state index contributed by atoms with van der Waals surface area (Å²) in [6.45, 7) is 13.3. The fourth-order valence-corrected chi connectivity index (χ4v) is 11.3. The van der Waals surface area contributed by atoms with Gasteiger partial charge in [-0.05, 0) is 27.9 Å². The van der Waals surface area contributed by atoms with Crippen LogP contribution in [0, 0.1) is 0 Å². The van der Waals surface area contributed by atoms with Crippen molar-refractivity contribution in [2.45, 2.75) is 73.2 Å². The molecule has 0 bridgehead atoms. The Balaban J connectivity index is 1.60. The molecule has 0 saturated carbocycles. The molecule has 3 N–H and O–H groups in total. The second-order valence-corrected chi connectivity index (χ2v) is 18.7. The molecular weight excluding hydrogens is 609 g/mol.